The van der Waals surface area contributed by atoms with Crippen LogP contribution in [0, 0.1) is 0 Å². The Hall–Kier alpha value is -1.66. The fourth-order valence-electron chi connectivity index (χ4n) is 2.38. The summed E-state index contributed by atoms with van der Waals surface area (Å²) in [6.45, 7) is 2.93. The molecule has 0 amide bonds. The first-order valence-electron chi connectivity index (χ1n) is 6.60. The number of rotatable bonds is 4. The maximum absolute atomic E-state index is 11.7. The van der Waals surface area contributed by atoms with Crippen molar-refractivity contribution in [3.05, 3.63) is 28.9 Å². The SMILES string of the molecule is O=c1oc2cccnc2n1CCNC1CCOCC1. The second-order valence-electron chi connectivity index (χ2n) is 4.69. The lowest BCUT2D eigenvalue weighted by Gasteiger charge is -2.23. The molecule has 6 nitrogen and oxygen atoms in total. The van der Waals surface area contributed by atoms with E-state index < -0.39 is 0 Å². The Morgan fingerprint density at radius 1 is 1.42 bits per heavy atom. The van der Waals surface area contributed by atoms with E-state index in [1.54, 1.807) is 22.9 Å². The molecular weight excluding hydrogens is 246 g/mol. The number of hydrogen-bond donors (Lipinski definition) is 1. The molecule has 0 bridgehead atoms. The van der Waals surface area contributed by atoms with Crippen LogP contribution in [-0.4, -0.2) is 35.4 Å². The van der Waals surface area contributed by atoms with Crippen molar-refractivity contribution in [3.63, 3.8) is 0 Å². The van der Waals surface area contributed by atoms with Gasteiger partial charge in [-0.2, -0.15) is 0 Å². The van der Waals surface area contributed by atoms with E-state index in [0.717, 1.165) is 32.6 Å². The average Bonchev–Trinajstić information content (AvgIpc) is 2.76. The smallest absolute Gasteiger partial charge is 0.406 e. The molecule has 3 heterocycles. The van der Waals surface area contributed by atoms with Crippen LogP contribution < -0.4 is 11.1 Å². The Morgan fingerprint density at radius 2 is 2.26 bits per heavy atom. The van der Waals surface area contributed by atoms with Crippen LogP contribution in [0.4, 0.5) is 0 Å². The maximum Gasteiger partial charge on any atom is 0.421 e. The number of pyridine rings is 1. The minimum absolute atomic E-state index is 0.345. The van der Waals surface area contributed by atoms with E-state index >= 15 is 0 Å². The van der Waals surface area contributed by atoms with Crippen molar-refractivity contribution < 1.29 is 9.15 Å². The van der Waals surface area contributed by atoms with Crippen LogP contribution in [0.5, 0.6) is 0 Å². The largest absolute Gasteiger partial charge is 0.421 e. The molecule has 1 aliphatic rings. The van der Waals surface area contributed by atoms with Gasteiger partial charge in [-0.3, -0.25) is 4.57 Å². The molecule has 0 aliphatic carbocycles. The summed E-state index contributed by atoms with van der Waals surface area (Å²) in [7, 11) is 0. The lowest BCUT2D eigenvalue weighted by Crippen LogP contribution is -2.37. The third-order valence-corrected chi connectivity index (χ3v) is 3.41. The van der Waals surface area contributed by atoms with Crippen molar-refractivity contribution in [2.24, 2.45) is 0 Å². The summed E-state index contributed by atoms with van der Waals surface area (Å²) in [6.07, 6.45) is 3.72. The van der Waals surface area contributed by atoms with Gasteiger partial charge in [-0.25, -0.2) is 9.78 Å². The van der Waals surface area contributed by atoms with Crippen LogP contribution in [-0.2, 0) is 11.3 Å². The fraction of sp³-hybridized carbons (Fsp3) is 0.538. The van der Waals surface area contributed by atoms with Gasteiger partial charge < -0.3 is 14.5 Å². The zero-order valence-corrected chi connectivity index (χ0v) is 10.7. The first-order chi connectivity index (χ1) is 9.34. The van der Waals surface area contributed by atoms with E-state index in [2.05, 4.69) is 10.3 Å². The number of hydrogen-bond acceptors (Lipinski definition) is 5. The molecule has 1 N–H and O–H groups in total. The highest BCUT2D eigenvalue weighted by Gasteiger charge is 2.14. The van der Waals surface area contributed by atoms with Crippen molar-refractivity contribution in [1.29, 1.82) is 0 Å². The summed E-state index contributed by atoms with van der Waals surface area (Å²) < 4.78 is 12.0. The van der Waals surface area contributed by atoms with Gasteiger partial charge in [0.05, 0.1) is 0 Å². The van der Waals surface area contributed by atoms with Crippen LogP contribution in [0.15, 0.2) is 27.5 Å². The van der Waals surface area contributed by atoms with Crippen LogP contribution in [0.3, 0.4) is 0 Å². The summed E-state index contributed by atoms with van der Waals surface area (Å²) >= 11 is 0. The van der Waals surface area contributed by atoms with E-state index in [-0.39, 0.29) is 5.76 Å². The molecule has 2 aromatic heterocycles. The van der Waals surface area contributed by atoms with Gasteiger partial charge in [0.25, 0.3) is 0 Å². The number of nitrogens with one attached hydrogen (secondary N) is 1. The van der Waals surface area contributed by atoms with E-state index in [1.807, 2.05) is 0 Å². The molecule has 0 saturated carbocycles. The summed E-state index contributed by atoms with van der Waals surface area (Å²) in [6, 6.07) is 4.00. The second kappa shape index (κ2) is 5.54. The van der Waals surface area contributed by atoms with Crippen LogP contribution >= 0.6 is 0 Å². The minimum Gasteiger partial charge on any atom is -0.406 e. The zero-order valence-electron chi connectivity index (χ0n) is 10.7. The summed E-state index contributed by atoms with van der Waals surface area (Å²) in [5.74, 6) is -0.345. The molecule has 0 unspecified atom stereocenters. The van der Waals surface area contributed by atoms with Gasteiger partial charge >= 0.3 is 5.76 Å². The highest BCUT2D eigenvalue weighted by molar-refractivity contribution is 5.67. The van der Waals surface area contributed by atoms with Crippen molar-refractivity contribution in [2.75, 3.05) is 19.8 Å². The van der Waals surface area contributed by atoms with E-state index in [9.17, 15) is 4.79 Å². The molecule has 2 aromatic rings. The van der Waals surface area contributed by atoms with Gasteiger partial charge in [0.15, 0.2) is 11.2 Å². The fourth-order valence-corrected chi connectivity index (χ4v) is 2.38. The molecule has 0 atom stereocenters. The van der Waals surface area contributed by atoms with Crippen molar-refractivity contribution in [2.45, 2.75) is 25.4 Å². The molecule has 1 aliphatic heterocycles. The average molecular weight is 263 g/mol. The quantitative estimate of drug-likeness (QED) is 0.882. The Morgan fingerprint density at radius 3 is 3.11 bits per heavy atom. The molecule has 102 valence electrons. The summed E-state index contributed by atoms with van der Waals surface area (Å²) in [5, 5.41) is 3.44. The number of aromatic nitrogens is 2. The van der Waals surface area contributed by atoms with Crippen LogP contribution in [0.1, 0.15) is 12.8 Å². The Balaban J connectivity index is 1.65. The van der Waals surface area contributed by atoms with Crippen LogP contribution in [0.2, 0.25) is 0 Å². The monoisotopic (exact) mass is 263 g/mol. The van der Waals surface area contributed by atoms with E-state index in [4.69, 9.17) is 9.15 Å². The predicted molar refractivity (Wildman–Crippen MR) is 70.1 cm³/mol. The molecule has 1 saturated heterocycles. The molecule has 19 heavy (non-hydrogen) atoms. The number of nitrogens with zero attached hydrogens (tertiary/aromatic N) is 2. The highest BCUT2D eigenvalue weighted by atomic mass is 16.5. The molecule has 6 heteroatoms. The Labute approximate surface area is 110 Å². The third kappa shape index (κ3) is 2.69. The molecular formula is C13H17N3O3. The van der Waals surface area contributed by atoms with Gasteiger partial charge in [0.2, 0.25) is 0 Å². The van der Waals surface area contributed by atoms with Gasteiger partial charge in [0.1, 0.15) is 0 Å². The molecule has 3 rings (SSSR count). The molecule has 0 radical (unpaired) electrons. The zero-order chi connectivity index (χ0) is 13.1. The van der Waals surface area contributed by atoms with E-state index in [1.165, 1.54) is 0 Å². The number of fused-ring (bicyclic) bond motifs is 1. The van der Waals surface area contributed by atoms with Gasteiger partial charge in [-0.15, -0.1) is 0 Å². The lowest BCUT2D eigenvalue weighted by molar-refractivity contribution is 0.0778. The van der Waals surface area contributed by atoms with Gasteiger partial charge in [0, 0.05) is 38.5 Å². The lowest BCUT2D eigenvalue weighted by atomic mass is 10.1. The highest BCUT2D eigenvalue weighted by Crippen LogP contribution is 2.09. The normalized spacial score (nSPS) is 17.1. The summed E-state index contributed by atoms with van der Waals surface area (Å²) in [5.41, 5.74) is 1.15. The first-order valence-corrected chi connectivity index (χ1v) is 6.60. The first kappa shape index (κ1) is 12.4. The van der Waals surface area contributed by atoms with Crippen molar-refractivity contribution in [1.82, 2.24) is 14.9 Å². The van der Waals surface area contributed by atoms with Gasteiger partial charge in [-0.05, 0) is 25.0 Å². The van der Waals surface area contributed by atoms with E-state index in [0.29, 0.717) is 23.8 Å². The van der Waals surface area contributed by atoms with Gasteiger partial charge in [-0.1, -0.05) is 0 Å². The molecule has 1 fully saturated rings. The second-order valence-corrected chi connectivity index (χ2v) is 4.69. The van der Waals surface area contributed by atoms with Crippen LogP contribution in [0.25, 0.3) is 11.2 Å². The Kier molecular flexibility index (Phi) is 3.61. The predicted octanol–water partition coefficient (Wildman–Crippen LogP) is 0.758. The van der Waals surface area contributed by atoms with Crippen molar-refractivity contribution in [3.8, 4) is 0 Å². The maximum atomic E-state index is 11.7. The Bertz CT molecular complexity index is 598. The third-order valence-electron chi connectivity index (χ3n) is 3.41. The van der Waals surface area contributed by atoms with Crippen molar-refractivity contribution >= 4 is 11.2 Å². The topological polar surface area (TPSA) is 69.3 Å². The standard InChI is InChI=1S/C13H17N3O3/c17-13-16(12-11(19-13)2-1-5-15-12)7-6-14-10-3-8-18-9-4-10/h1-2,5,10,14H,3-4,6-9H2. The molecule has 0 spiro atoms. The summed E-state index contributed by atoms with van der Waals surface area (Å²) in [4.78, 5) is 15.9. The number of ether oxygens (including phenoxy) is 1. The number of oxazole rings is 1. The molecule has 0 aromatic carbocycles. The minimum atomic E-state index is -0.345.